The highest BCUT2D eigenvalue weighted by molar-refractivity contribution is 9.10. The maximum atomic E-state index is 13.0. The zero-order chi connectivity index (χ0) is 21.6. The molecule has 30 heavy (non-hydrogen) atoms. The van der Waals surface area contributed by atoms with Gasteiger partial charge in [0.2, 0.25) is 0 Å². The Hall–Kier alpha value is -3.16. The molecule has 0 aliphatic rings. The zero-order valence-corrected chi connectivity index (χ0v) is 18.1. The number of halogens is 1. The molecule has 3 aromatic carbocycles. The van der Waals surface area contributed by atoms with Crippen molar-refractivity contribution in [2.75, 3.05) is 14.2 Å². The normalized spacial score (nSPS) is 11.3. The lowest BCUT2D eigenvalue weighted by atomic mass is 9.85. The molecule has 0 unspecified atom stereocenters. The second kappa shape index (κ2) is 9.56. The minimum atomic E-state index is -1.90. The molecule has 1 amide bonds. The number of benzene rings is 3. The molecule has 2 N–H and O–H groups in total. The van der Waals surface area contributed by atoms with Crippen LogP contribution in [0.1, 0.15) is 16.7 Å². The van der Waals surface area contributed by atoms with Crippen molar-refractivity contribution in [2.45, 2.75) is 5.60 Å². The molecule has 0 aliphatic heterocycles. The fourth-order valence-corrected chi connectivity index (χ4v) is 3.54. The van der Waals surface area contributed by atoms with E-state index in [1.807, 2.05) is 12.1 Å². The van der Waals surface area contributed by atoms with E-state index < -0.39 is 11.5 Å². The van der Waals surface area contributed by atoms with E-state index >= 15 is 0 Å². The summed E-state index contributed by atoms with van der Waals surface area (Å²) in [7, 11) is 3.09. The molecule has 0 saturated heterocycles. The summed E-state index contributed by atoms with van der Waals surface area (Å²) < 4.78 is 11.3. The highest BCUT2D eigenvalue weighted by atomic mass is 79.9. The van der Waals surface area contributed by atoms with Gasteiger partial charge in [-0.15, -0.1) is 0 Å². The third kappa shape index (κ3) is 4.37. The Bertz CT molecular complexity index is 1000. The first-order valence-corrected chi connectivity index (χ1v) is 9.88. The Morgan fingerprint density at radius 2 is 1.50 bits per heavy atom. The lowest BCUT2D eigenvalue weighted by molar-refractivity contribution is -0.136. The number of carbonyl (C=O) groups is 1. The van der Waals surface area contributed by atoms with Crippen LogP contribution >= 0.6 is 15.9 Å². The maximum absolute atomic E-state index is 13.0. The molecule has 6 nitrogen and oxygen atoms in total. The Labute approximate surface area is 183 Å². The van der Waals surface area contributed by atoms with Crippen LogP contribution in [0.15, 0.2) is 82.4 Å². The quantitative estimate of drug-likeness (QED) is 0.407. The molecule has 0 bridgehead atoms. The van der Waals surface area contributed by atoms with Gasteiger partial charge in [0, 0.05) is 11.6 Å². The molecule has 3 rings (SSSR count). The SMILES string of the molecule is COc1cc(OC)c(/C=N\NC(=O)C(O)(c2ccccc2)c2ccccc2)cc1Br. The number of nitrogens with zero attached hydrogens (tertiary/aromatic N) is 1. The number of nitrogens with one attached hydrogen (secondary N) is 1. The third-order valence-corrected chi connectivity index (χ3v) is 5.21. The monoisotopic (exact) mass is 468 g/mol. The van der Waals surface area contributed by atoms with Gasteiger partial charge in [0.25, 0.3) is 5.91 Å². The summed E-state index contributed by atoms with van der Waals surface area (Å²) in [6.07, 6.45) is 1.44. The molecule has 0 aliphatic carbocycles. The summed E-state index contributed by atoms with van der Waals surface area (Å²) in [5.41, 5.74) is 2.04. The predicted molar refractivity (Wildman–Crippen MR) is 119 cm³/mol. The van der Waals surface area contributed by atoms with E-state index in [0.717, 1.165) is 0 Å². The van der Waals surface area contributed by atoms with Crippen molar-refractivity contribution in [3.8, 4) is 11.5 Å². The van der Waals surface area contributed by atoms with Gasteiger partial charge in [0.1, 0.15) is 11.5 Å². The van der Waals surface area contributed by atoms with E-state index in [-0.39, 0.29) is 0 Å². The first kappa shape index (κ1) is 21.5. The molecule has 0 atom stereocenters. The van der Waals surface area contributed by atoms with Gasteiger partial charge in [-0.2, -0.15) is 5.10 Å². The van der Waals surface area contributed by atoms with Crippen LogP contribution in [0.25, 0.3) is 0 Å². The summed E-state index contributed by atoms with van der Waals surface area (Å²) in [6.45, 7) is 0. The van der Waals surface area contributed by atoms with Crippen molar-refractivity contribution in [1.82, 2.24) is 5.43 Å². The number of hydrogen-bond donors (Lipinski definition) is 2. The Morgan fingerprint density at radius 3 is 2.00 bits per heavy atom. The number of aliphatic hydroxyl groups is 1. The van der Waals surface area contributed by atoms with Crippen LogP contribution in [0.4, 0.5) is 0 Å². The number of hydrogen-bond acceptors (Lipinski definition) is 5. The predicted octanol–water partition coefficient (Wildman–Crippen LogP) is 3.85. The average Bonchev–Trinajstić information content (AvgIpc) is 2.79. The average molecular weight is 469 g/mol. The highest BCUT2D eigenvalue weighted by Gasteiger charge is 2.39. The maximum Gasteiger partial charge on any atom is 0.281 e. The van der Waals surface area contributed by atoms with Crippen LogP contribution in [0.3, 0.4) is 0 Å². The number of hydrazone groups is 1. The van der Waals surface area contributed by atoms with E-state index in [9.17, 15) is 9.90 Å². The third-order valence-electron chi connectivity index (χ3n) is 4.59. The molecular formula is C23H21BrN2O4. The summed E-state index contributed by atoms with van der Waals surface area (Å²) in [4.78, 5) is 13.0. The zero-order valence-electron chi connectivity index (χ0n) is 16.5. The standard InChI is InChI=1S/C23H21BrN2O4/c1-29-20-14-21(30-2)19(24)13-16(20)15-25-26-22(27)23(28,17-9-5-3-6-10-17)18-11-7-4-8-12-18/h3-15,28H,1-2H3,(H,26,27)/b25-15-. The topological polar surface area (TPSA) is 80.2 Å². The number of methoxy groups -OCH3 is 2. The van der Waals surface area contributed by atoms with E-state index in [1.165, 1.54) is 13.3 Å². The second-order valence-corrected chi connectivity index (χ2v) is 7.22. The first-order chi connectivity index (χ1) is 14.5. The Kier molecular flexibility index (Phi) is 6.87. The smallest absolute Gasteiger partial charge is 0.281 e. The molecule has 0 spiro atoms. The lowest BCUT2D eigenvalue weighted by Crippen LogP contribution is -2.43. The van der Waals surface area contributed by atoms with Gasteiger partial charge in [-0.05, 0) is 33.1 Å². The van der Waals surface area contributed by atoms with E-state index in [4.69, 9.17) is 9.47 Å². The molecule has 0 fully saturated rings. The Morgan fingerprint density at radius 1 is 0.967 bits per heavy atom. The second-order valence-electron chi connectivity index (χ2n) is 6.37. The molecule has 3 aromatic rings. The highest BCUT2D eigenvalue weighted by Crippen LogP contribution is 2.32. The molecule has 0 heterocycles. The van der Waals surface area contributed by atoms with Gasteiger partial charge in [-0.3, -0.25) is 4.79 Å². The number of rotatable bonds is 7. The van der Waals surface area contributed by atoms with Crippen molar-refractivity contribution >= 4 is 28.1 Å². The largest absolute Gasteiger partial charge is 0.496 e. The van der Waals surface area contributed by atoms with Crippen molar-refractivity contribution in [2.24, 2.45) is 5.10 Å². The van der Waals surface area contributed by atoms with Gasteiger partial charge in [-0.25, -0.2) is 5.43 Å². The van der Waals surface area contributed by atoms with Crippen molar-refractivity contribution in [1.29, 1.82) is 0 Å². The number of amides is 1. The minimum Gasteiger partial charge on any atom is -0.496 e. The van der Waals surface area contributed by atoms with Gasteiger partial charge in [0.15, 0.2) is 5.60 Å². The molecule has 0 radical (unpaired) electrons. The summed E-state index contributed by atoms with van der Waals surface area (Å²) in [5.74, 6) is 0.452. The summed E-state index contributed by atoms with van der Waals surface area (Å²) in [6, 6.07) is 20.9. The molecule has 7 heteroatoms. The number of ether oxygens (including phenoxy) is 2. The van der Waals surface area contributed by atoms with Crippen LogP contribution in [0, 0.1) is 0 Å². The van der Waals surface area contributed by atoms with Crippen LogP contribution in [-0.4, -0.2) is 31.4 Å². The fraction of sp³-hybridized carbons (Fsp3) is 0.130. The fourth-order valence-electron chi connectivity index (χ4n) is 3.01. The van der Waals surface area contributed by atoms with Crippen molar-refractivity contribution < 1.29 is 19.4 Å². The number of carbonyl (C=O) groups excluding carboxylic acids is 1. The molecule has 154 valence electrons. The van der Waals surface area contributed by atoms with Crippen LogP contribution < -0.4 is 14.9 Å². The molecule has 0 saturated carbocycles. The minimum absolute atomic E-state index is 0.439. The van der Waals surface area contributed by atoms with Crippen LogP contribution in [0.2, 0.25) is 0 Å². The van der Waals surface area contributed by atoms with Crippen molar-refractivity contribution in [3.63, 3.8) is 0 Å². The first-order valence-electron chi connectivity index (χ1n) is 9.09. The van der Waals surface area contributed by atoms with Gasteiger partial charge in [0.05, 0.1) is 24.9 Å². The summed E-state index contributed by atoms with van der Waals surface area (Å²) >= 11 is 3.41. The van der Waals surface area contributed by atoms with E-state index in [0.29, 0.717) is 32.7 Å². The van der Waals surface area contributed by atoms with Gasteiger partial charge < -0.3 is 14.6 Å². The molecular weight excluding hydrogens is 448 g/mol. The van der Waals surface area contributed by atoms with Crippen LogP contribution in [0.5, 0.6) is 11.5 Å². The van der Waals surface area contributed by atoms with Crippen molar-refractivity contribution in [3.05, 3.63) is 94.0 Å². The summed E-state index contributed by atoms with van der Waals surface area (Å²) in [5, 5.41) is 15.4. The van der Waals surface area contributed by atoms with E-state index in [2.05, 4.69) is 26.5 Å². The lowest BCUT2D eigenvalue weighted by Gasteiger charge is -2.27. The van der Waals surface area contributed by atoms with E-state index in [1.54, 1.807) is 67.8 Å². The Balaban J connectivity index is 1.90. The van der Waals surface area contributed by atoms with Gasteiger partial charge in [-0.1, -0.05) is 60.7 Å². The van der Waals surface area contributed by atoms with Gasteiger partial charge >= 0.3 is 0 Å². The van der Waals surface area contributed by atoms with Crippen LogP contribution in [-0.2, 0) is 10.4 Å². The molecule has 0 aromatic heterocycles.